The van der Waals surface area contributed by atoms with Gasteiger partial charge in [0.25, 0.3) is 5.82 Å². The number of aromatic nitrogens is 8. The molecule has 11 heteroatoms. The Morgan fingerprint density at radius 2 is 1.55 bits per heavy atom. The summed E-state index contributed by atoms with van der Waals surface area (Å²) in [5.41, 5.74) is 0. The highest BCUT2D eigenvalue weighted by atomic mass is 16.5. The zero-order chi connectivity index (χ0) is 15.1. The second-order valence-corrected chi connectivity index (χ2v) is 3.53. The summed E-state index contributed by atoms with van der Waals surface area (Å²) in [7, 11) is 3.20. The van der Waals surface area contributed by atoms with Gasteiger partial charge in [-0.2, -0.15) is 0 Å². The molecule has 0 aromatic carbocycles. The third-order valence-corrected chi connectivity index (χ3v) is 2.01. The Hall–Kier alpha value is -2.72. The molecule has 0 unspecified atom stereocenters. The molecule has 2 heterocycles. The molecule has 0 saturated heterocycles. The van der Waals surface area contributed by atoms with Crippen LogP contribution in [0.3, 0.4) is 0 Å². The van der Waals surface area contributed by atoms with Crippen molar-refractivity contribution >= 4 is 11.8 Å². The smallest absolute Gasteiger partial charge is 0.378 e. The predicted molar refractivity (Wildman–Crippen MR) is 63.6 cm³/mol. The molecule has 108 valence electrons. The van der Waals surface area contributed by atoms with Crippen LogP contribution in [-0.2, 0) is 18.8 Å². The topological polar surface area (TPSA) is 131 Å². The van der Waals surface area contributed by atoms with Crippen molar-refractivity contribution in [3.63, 3.8) is 0 Å². The Balaban J connectivity index is 0.000000204. The van der Waals surface area contributed by atoms with E-state index in [4.69, 9.17) is 0 Å². The van der Waals surface area contributed by atoms with Crippen molar-refractivity contribution in [3.05, 3.63) is 11.6 Å². The van der Waals surface area contributed by atoms with Gasteiger partial charge in [0.2, 0.25) is 5.82 Å². The average Bonchev–Trinajstić information content (AvgIpc) is 2.98. The van der Waals surface area contributed by atoms with E-state index in [1.54, 1.807) is 21.0 Å². The average molecular weight is 282 g/mol. The maximum Gasteiger partial charge on any atom is 0.378 e. The van der Waals surface area contributed by atoms with Crippen molar-refractivity contribution in [1.82, 2.24) is 40.4 Å². The third-order valence-electron chi connectivity index (χ3n) is 2.01. The number of rotatable bonds is 3. The van der Waals surface area contributed by atoms with Crippen molar-refractivity contribution in [3.8, 4) is 0 Å². The lowest BCUT2D eigenvalue weighted by molar-refractivity contribution is 0.0506. The molecule has 0 N–H and O–H groups in total. The highest BCUT2D eigenvalue weighted by molar-refractivity contribution is 5.90. The molecule has 0 atom stereocenters. The number of carbonyl (C=O) groups excluding carboxylic acids is 2. The van der Waals surface area contributed by atoms with Gasteiger partial charge in [-0.05, 0) is 27.8 Å². The lowest BCUT2D eigenvalue weighted by atomic mass is 10.4. The monoisotopic (exact) mass is 282 g/mol. The first-order valence-corrected chi connectivity index (χ1v) is 5.60. The Morgan fingerprint density at radius 1 is 1.05 bits per heavy atom. The molecular weight excluding hydrogens is 268 g/mol. The molecule has 20 heavy (non-hydrogen) atoms. The van der Waals surface area contributed by atoms with Crippen molar-refractivity contribution in [1.29, 1.82) is 0 Å². The number of ether oxygens (including phenoxy) is 1. The zero-order valence-electron chi connectivity index (χ0n) is 11.5. The minimum atomic E-state index is -0.500. The Morgan fingerprint density at radius 3 is 1.85 bits per heavy atom. The standard InChI is InChI=1S/C5H8N4O2.C4H6N4O/c1-3-11-5(10)4-6-7-8-9(4)2;1-3(9)4-5-6-7-8(4)2/h3H2,1-2H3;1-2H3. The molecule has 0 amide bonds. The molecular formula is C9H14N8O3. The van der Waals surface area contributed by atoms with E-state index in [9.17, 15) is 9.59 Å². The van der Waals surface area contributed by atoms with Crippen LogP contribution in [0.25, 0.3) is 0 Å². The SMILES string of the molecule is CC(=O)c1nnnn1C.CCOC(=O)c1nnnn1C. The molecule has 0 fully saturated rings. The second-order valence-electron chi connectivity index (χ2n) is 3.53. The van der Waals surface area contributed by atoms with Crippen LogP contribution in [0.5, 0.6) is 0 Å². The number of hydrogen-bond donors (Lipinski definition) is 0. The fraction of sp³-hybridized carbons (Fsp3) is 0.556. The molecule has 2 rings (SSSR count). The number of carbonyl (C=O) groups is 2. The summed E-state index contributed by atoms with van der Waals surface area (Å²) in [5, 5.41) is 20.4. The molecule has 0 radical (unpaired) electrons. The summed E-state index contributed by atoms with van der Waals surface area (Å²) in [6.45, 7) is 3.47. The van der Waals surface area contributed by atoms with Gasteiger partial charge in [0.15, 0.2) is 5.78 Å². The highest BCUT2D eigenvalue weighted by Gasteiger charge is 2.13. The number of aryl methyl sites for hydroxylation is 2. The van der Waals surface area contributed by atoms with E-state index in [1.165, 1.54) is 16.3 Å². The van der Waals surface area contributed by atoms with Gasteiger partial charge in [-0.25, -0.2) is 14.2 Å². The lowest BCUT2D eigenvalue weighted by Crippen LogP contribution is -2.11. The minimum Gasteiger partial charge on any atom is -0.460 e. The molecule has 0 spiro atoms. The van der Waals surface area contributed by atoms with Gasteiger partial charge >= 0.3 is 5.97 Å². The number of nitrogens with zero attached hydrogens (tertiary/aromatic N) is 8. The number of esters is 1. The van der Waals surface area contributed by atoms with Gasteiger partial charge < -0.3 is 4.74 Å². The molecule has 0 aliphatic carbocycles. The fourth-order valence-corrected chi connectivity index (χ4v) is 1.13. The Labute approximate surface area is 113 Å². The zero-order valence-corrected chi connectivity index (χ0v) is 11.5. The van der Waals surface area contributed by atoms with E-state index in [0.29, 0.717) is 6.61 Å². The van der Waals surface area contributed by atoms with Crippen molar-refractivity contribution in [2.24, 2.45) is 14.1 Å². The van der Waals surface area contributed by atoms with Gasteiger partial charge in [-0.15, -0.1) is 10.2 Å². The summed E-state index contributed by atoms with van der Waals surface area (Å²) >= 11 is 0. The summed E-state index contributed by atoms with van der Waals surface area (Å²) in [6.07, 6.45) is 0. The van der Waals surface area contributed by atoms with Gasteiger partial charge in [0, 0.05) is 21.0 Å². The normalized spacial score (nSPS) is 9.60. The van der Waals surface area contributed by atoms with E-state index in [-0.39, 0.29) is 17.4 Å². The summed E-state index contributed by atoms with van der Waals surface area (Å²) in [5.74, 6) is -0.218. The summed E-state index contributed by atoms with van der Waals surface area (Å²) < 4.78 is 7.26. The molecule has 0 aliphatic heterocycles. The molecule has 2 aromatic rings. The second kappa shape index (κ2) is 7.01. The number of tetrazole rings is 2. The Kier molecular flexibility index (Phi) is 5.38. The van der Waals surface area contributed by atoms with E-state index in [2.05, 4.69) is 35.8 Å². The van der Waals surface area contributed by atoms with Crippen LogP contribution in [0.2, 0.25) is 0 Å². The first-order chi connectivity index (χ1) is 9.47. The van der Waals surface area contributed by atoms with Crippen LogP contribution in [-0.4, -0.2) is 58.8 Å². The van der Waals surface area contributed by atoms with E-state index in [1.807, 2.05) is 0 Å². The number of hydrogen-bond acceptors (Lipinski definition) is 9. The molecule has 11 nitrogen and oxygen atoms in total. The molecule has 0 bridgehead atoms. The van der Waals surface area contributed by atoms with Gasteiger partial charge in [-0.3, -0.25) is 4.79 Å². The van der Waals surface area contributed by atoms with E-state index < -0.39 is 5.97 Å². The predicted octanol–water partition coefficient (Wildman–Crippen LogP) is -1.20. The first kappa shape index (κ1) is 15.3. The van der Waals surface area contributed by atoms with Crippen LogP contribution in [0.4, 0.5) is 0 Å². The number of Topliss-reactive ketones (excluding diaryl/α,β-unsaturated/α-hetero) is 1. The fourth-order valence-electron chi connectivity index (χ4n) is 1.13. The van der Waals surface area contributed by atoms with Crippen molar-refractivity contribution in [2.45, 2.75) is 13.8 Å². The summed E-state index contributed by atoms with van der Waals surface area (Å²) in [6, 6.07) is 0. The Bertz CT molecular complexity index is 590. The van der Waals surface area contributed by atoms with Gasteiger partial charge in [0.05, 0.1) is 6.61 Å². The summed E-state index contributed by atoms with van der Waals surface area (Å²) in [4.78, 5) is 21.5. The van der Waals surface area contributed by atoms with Gasteiger partial charge in [-0.1, -0.05) is 0 Å². The van der Waals surface area contributed by atoms with Gasteiger partial charge in [0.1, 0.15) is 0 Å². The van der Waals surface area contributed by atoms with E-state index >= 15 is 0 Å². The van der Waals surface area contributed by atoms with Crippen molar-refractivity contribution in [2.75, 3.05) is 6.61 Å². The maximum absolute atomic E-state index is 10.9. The first-order valence-electron chi connectivity index (χ1n) is 5.60. The molecule has 0 saturated carbocycles. The highest BCUT2D eigenvalue weighted by Crippen LogP contribution is 1.91. The maximum atomic E-state index is 10.9. The van der Waals surface area contributed by atoms with Crippen LogP contribution >= 0.6 is 0 Å². The van der Waals surface area contributed by atoms with Crippen LogP contribution in [0.15, 0.2) is 0 Å². The molecule has 0 aliphatic rings. The van der Waals surface area contributed by atoms with Crippen LogP contribution < -0.4 is 0 Å². The lowest BCUT2D eigenvalue weighted by Gasteiger charge is -1.97. The number of ketones is 1. The van der Waals surface area contributed by atoms with Crippen LogP contribution in [0.1, 0.15) is 35.1 Å². The largest absolute Gasteiger partial charge is 0.460 e. The van der Waals surface area contributed by atoms with Crippen molar-refractivity contribution < 1.29 is 14.3 Å². The quantitative estimate of drug-likeness (QED) is 0.503. The van der Waals surface area contributed by atoms with E-state index in [0.717, 1.165) is 0 Å². The minimum absolute atomic E-state index is 0.117. The van der Waals surface area contributed by atoms with Crippen LogP contribution in [0, 0.1) is 0 Å². The third kappa shape index (κ3) is 3.90. The molecule has 2 aromatic heterocycles.